The third-order valence-electron chi connectivity index (χ3n) is 2.92. The van der Waals surface area contributed by atoms with Crippen molar-refractivity contribution in [3.05, 3.63) is 0 Å². The molecule has 4 heteroatoms. The molecular formula is C10H18O4. The zero-order chi connectivity index (χ0) is 9.86. The van der Waals surface area contributed by atoms with Crippen LogP contribution in [0.1, 0.15) is 13.3 Å². The molecule has 0 aromatic heterocycles. The topological polar surface area (TPSA) is 36.9 Å². The molecule has 0 spiro atoms. The Morgan fingerprint density at radius 2 is 2.00 bits per heavy atom. The summed E-state index contributed by atoms with van der Waals surface area (Å²) >= 11 is 0. The highest BCUT2D eigenvalue weighted by atomic mass is 16.7. The minimum Gasteiger partial charge on any atom is -0.380 e. The summed E-state index contributed by atoms with van der Waals surface area (Å²) in [4.78, 5) is 0. The smallest absolute Gasteiger partial charge is 0.181 e. The average Bonchev–Trinajstić information content (AvgIpc) is 2.62. The average molecular weight is 202 g/mol. The molecule has 0 amide bonds. The van der Waals surface area contributed by atoms with Gasteiger partial charge < -0.3 is 18.9 Å². The summed E-state index contributed by atoms with van der Waals surface area (Å²) in [6.45, 7) is 6.51. The van der Waals surface area contributed by atoms with Gasteiger partial charge in [-0.1, -0.05) is 6.92 Å². The van der Waals surface area contributed by atoms with Gasteiger partial charge in [0, 0.05) is 5.41 Å². The molecule has 2 heterocycles. The summed E-state index contributed by atoms with van der Waals surface area (Å²) in [6, 6.07) is 0. The van der Waals surface area contributed by atoms with Gasteiger partial charge in [-0.2, -0.15) is 0 Å². The second-order valence-corrected chi connectivity index (χ2v) is 4.03. The Hall–Kier alpha value is -0.160. The Morgan fingerprint density at radius 1 is 1.29 bits per heavy atom. The Morgan fingerprint density at radius 3 is 2.50 bits per heavy atom. The Kier molecular flexibility index (Phi) is 3.38. The van der Waals surface area contributed by atoms with E-state index in [1.54, 1.807) is 0 Å². The van der Waals surface area contributed by atoms with Gasteiger partial charge in [0.05, 0.1) is 39.6 Å². The molecule has 2 aliphatic rings. The van der Waals surface area contributed by atoms with Gasteiger partial charge in [0.25, 0.3) is 0 Å². The van der Waals surface area contributed by atoms with Gasteiger partial charge in [0.15, 0.2) is 6.29 Å². The van der Waals surface area contributed by atoms with E-state index in [1.807, 2.05) is 0 Å². The van der Waals surface area contributed by atoms with Crippen LogP contribution in [0.3, 0.4) is 0 Å². The van der Waals surface area contributed by atoms with Crippen molar-refractivity contribution in [2.24, 2.45) is 5.41 Å². The monoisotopic (exact) mass is 202 g/mol. The molecule has 2 rings (SSSR count). The van der Waals surface area contributed by atoms with E-state index in [1.165, 1.54) is 0 Å². The van der Waals surface area contributed by atoms with E-state index in [0.717, 1.165) is 26.2 Å². The van der Waals surface area contributed by atoms with Crippen LogP contribution in [0.4, 0.5) is 0 Å². The van der Waals surface area contributed by atoms with Crippen LogP contribution in [-0.2, 0) is 18.9 Å². The lowest BCUT2D eigenvalue weighted by Crippen LogP contribution is -2.46. The van der Waals surface area contributed by atoms with Crippen LogP contribution in [-0.4, -0.2) is 45.9 Å². The third kappa shape index (κ3) is 2.25. The predicted octanol–water partition coefficient (Wildman–Crippen LogP) is 0.802. The Bertz CT molecular complexity index is 167. The normalized spacial score (nSPS) is 26.4. The van der Waals surface area contributed by atoms with Crippen molar-refractivity contribution in [3.8, 4) is 0 Å². The van der Waals surface area contributed by atoms with Crippen molar-refractivity contribution in [1.82, 2.24) is 0 Å². The van der Waals surface area contributed by atoms with E-state index in [4.69, 9.17) is 18.9 Å². The highest BCUT2D eigenvalue weighted by molar-refractivity contribution is 4.83. The molecule has 4 nitrogen and oxygen atoms in total. The Labute approximate surface area is 84.5 Å². The van der Waals surface area contributed by atoms with Crippen molar-refractivity contribution < 1.29 is 18.9 Å². The minimum atomic E-state index is -0.148. The molecule has 0 saturated carbocycles. The SMILES string of the molecule is CCC1(COCC2OCCO2)COC1. The maximum Gasteiger partial charge on any atom is 0.181 e. The number of hydrogen-bond acceptors (Lipinski definition) is 4. The Balaban J connectivity index is 1.61. The molecule has 0 unspecified atom stereocenters. The number of ether oxygens (including phenoxy) is 4. The first-order chi connectivity index (χ1) is 6.85. The first-order valence-electron chi connectivity index (χ1n) is 5.23. The molecule has 82 valence electrons. The second-order valence-electron chi connectivity index (χ2n) is 4.03. The molecule has 2 saturated heterocycles. The molecule has 0 aromatic rings. The molecule has 0 atom stereocenters. The standard InChI is InChI=1S/C10H18O4/c1-2-10(7-12-8-10)6-11-5-9-13-3-4-14-9/h9H,2-8H2,1H3. The van der Waals surface area contributed by atoms with Crippen molar-refractivity contribution in [1.29, 1.82) is 0 Å². The first kappa shape index (κ1) is 10.4. The van der Waals surface area contributed by atoms with E-state index < -0.39 is 0 Å². The molecule has 0 bridgehead atoms. The summed E-state index contributed by atoms with van der Waals surface area (Å²) < 4.78 is 21.3. The highest BCUT2D eigenvalue weighted by Crippen LogP contribution is 2.31. The highest BCUT2D eigenvalue weighted by Gasteiger charge is 2.37. The lowest BCUT2D eigenvalue weighted by atomic mass is 9.84. The van der Waals surface area contributed by atoms with Crippen LogP contribution >= 0.6 is 0 Å². The van der Waals surface area contributed by atoms with Gasteiger partial charge in [-0.05, 0) is 6.42 Å². The zero-order valence-corrected chi connectivity index (χ0v) is 8.66. The second kappa shape index (κ2) is 4.57. The van der Waals surface area contributed by atoms with E-state index in [2.05, 4.69) is 6.92 Å². The van der Waals surface area contributed by atoms with Crippen LogP contribution in [0.2, 0.25) is 0 Å². The lowest BCUT2D eigenvalue weighted by molar-refractivity contribution is -0.169. The van der Waals surface area contributed by atoms with Gasteiger partial charge in [0.2, 0.25) is 0 Å². The molecule has 0 aliphatic carbocycles. The fourth-order valence-electron chi connectivity index (χ4n) is 1.66. The minimum absolute atomic E-state index is 0.148. The lowest BCUT2D eigenvalue weighted by Gasteiger charge is -2.40. The summed E-state index contributed by atoms with van der Waals surface area (Å²) in [5.41, 5.74) is 0.263. The summed E-state index contributed by atoms with van der Waals surface area (Å²) in [6.07, 6.45) is 0.962. The van der Waals surface area contributed by atoms with Crippen LogP contribution in [0.5, 0.6) is 0 Å². The molecule has 2 aliphatic heterocycles. The van der Waals surface area contributed by atoms with Gasteiger partial charge in [-0.25, -0.2) is 0 Å². The fourth-order valence-corrected chi connectivity index (χ4v) is 1.66. The van der Waals surface area contributed by atoms with E-state index >= 15 is 0 Å². The van der Waals surface area contributed by atoms with Crippen molar-refractivity contribution in [2.75, 3.05) is 39.6 Å². The number of rotatable bonds is 5. The third-order valence-corrected chi connectivity index (χ3v) is 2.92. The van der Waals surface area contributed by atoms with Gasteiger partial charge in [-0.3, -0.25) is 0 Å². The fraction of sp³-hybridized carbons (Fsp3) is 1.00. The summed E-state index contributed by atoms with van der Waals surface area (Å²) in [5.74, 6) is 0. The molecule has 2 fully saturated rings. The van der Waals surface area contributed by atoms with E-state index in [9.17, 15) is 0 Å². The molecule has 14 heavy (non-hydrogen) atoms. The van der Waals surface area contributed by atoms with Crippen molar-refractivity contribution >= 4 is 0 Å². The van der Waals surface area contributed by atoms with Crippen LogP contribution < -0.4 is 0 Å². The summed E-state index contributed by atoms with van der Waals surface area (Å²) in [5, 5.41) is 0. The van der Waals surface area contributed by atoms with Gasteiger partial charge in [-0.15, -0.1) is 0 Å². The quantitative estimate of drug-likeness (QED) is 0.661. The zero-order valence-electron chi connectivity index (χ0n) is 8.66. The predicted molar refractivity (Wildman–Crippen MR) is 50.1 cm³/mol. The summed E-state index contributed by atoms with van der Waals surface area (Å²) in [7, 11) is 0. The van der Waals surface area contributed by atoms with Gasteiger partial charge in [0.1, 0.15) is 0 Å². The van der Waals surface area contributed by atoms with Crippen molar-refractivity contribution in [2.45, 2.75) is 19.6 Å². The van der Waals surface area contributed by atoms with Gasteiger partial charge >= 0.3 is 0 Å². The van der Waals surface area contributed by atoms with E-state index in [0.29, 0.717) is 19.8 Å². The maximum absolute atomic E-state index is 5.59. The maximum atomic E-state index is 5.59. The molecule has 0 N–H and O–H groups in total. The first-order valence-corrected chi connectivity index (χ1v) is 5.23. The van der Waals surface area contributed by atoms with Crippen LogP contribution in [0, 0.1) is 5.41 Å². The van der Waals surface area contributed by atoms with Crippen LogP contribution in [0.25, 0.3) is 0 Å². The van der Waals surface area contributed by atoms with E-state index in [-0.39, 0.29) is 11.7 Å². The van der Waals surface area contributed by atoms with Crippen LogP contribution in [0.15, 0.2) is 0 Å². The largest absolute Gasteiger partial charge is 0.380 e. The van der Waals surface area contributed by atoms with Crippen molar-refractivity contribution in [3.63, 3.8) is 0 Å². The molecular weight excluding hydrogens is 184 g/mol. The number of hydrogen-bond donors (Lipinski definition) is 0. The molecule has 0 aromatic carbocycles. The molecule has 0 radical (unpaired) electrons.